The molecule has 0 unspecified atom stereocenters. The van der Waals surface area contributed by atoms with Gasteiger partial charge in [-0.2, -0.15) is 5.10 Å². The molecule has 0 fully saturated rings. The number of benzene rings is 1. The van der Waals surface area contributed by atoms with Gasteiger partial charge in [-0.15, -0.1) is 0 Å². The molecule has 0 saturated heterocycles. The number of aryl methyl sites for hydroxylation is 2. The number of carboxylic acids is 1. The Balaban J connectivity index is 2.01. The first kappa shape index (κ1) is 16.5. The van der Waals surface area contributed by atoms with E-state index < -0.39 is 17.9 Å². The van der Waals surface area contributed by atoms with Gasteiger partial charge in [0.15, 0.2) is 18.4 Å². The monoisotopic (exact) mass is 317 g/mol. The van der Waals surface area contributed by atoms with Crippen LogP contribution in [0.25, 0.3) is 0 Å². The predicted molar refractivity (Wildman–Crippen MR) is 83.1 cm³/mol. The van der Waals surface area contributed by atoms with Crippen molar-refractivity contribution < 1.29 is 19.4 Å². The molecule has 2 rings (SSSR count). The summed E-state index contributed by atoms with van der Waals surface area (Å²) in [4.78, 5) is 23.4. The van der Waals surface area contributed by atoms with Crippen molar-refractivity contribution in [3.8, 4) is 5.75 Å². The van der Waals surface area contributed by atoms with Gasteiger partial charge in [0.1, 0.15) is 5.69 Å². The first-order valence-corrected chi connectivity index (χ1v) is 7.10. The van der Waals surface area contributed by atoms with E-state index in [2.05, 4.69) is 10.4 Å². The van der Waals surface area contributed by atoms with E-state index in [1.807, 2.05) is 6.92 Å². The van der Waals surface area contributed by atoms with E-state index in [1.165, 1.54) is 0 Å². The zero-order valence-electron chi connectivity index (χ0n) is 13.2. The summed E-state index contributed by atoms with van der Waals surface area (Å²) in [5.74, 6) is -1.10. The van der Waals surface area contributed by atoms with Crippen LogP contribution in [0.15, 0.2) is 30.3 Å². The summed E-state index contributed by atoms with van der Waals surface area (Å²) in [6.07, 6.45) is 0. The summed E-state index contributed by atoms with van der Waals surface area (Å²) < 4.78 is 7.14. The van der Waals surface area contributed by atoms with Crippen molar-refractivity contribution in [2.45, 2.75) is 19.9 Å². The van der Waals surface area contributed by atoms with Gasteiger partial charge in [-0.05, 0) is 19.4 Å². The molecule has 2 N–H and O–H groups in total. The Kier molecular flexibility index (Phi) is 5.00. The topological polar surface area (TPSA) is 93.5 Å². The molecule has 1 atom stereocenters. The molecule has 2 aromatic rings. The largest absolute Gasteiger partial charge is 0.480 e. The fourth-order valence-electron chi connectivity index (χ4n) is 2.24. The van der Waals surface area contributed by atoms with Gasteiger partial charge in [0.25, 0.3) is 5.91 Å². The lowest BCUT2D eigenvalue weighted by molar-refractivity contribution is -0.142. The molecule has 0 aliphatic rings. The first-order chi connectivity index (χ1) is 10.9. The van der Waals surface area contributed by atoms with Gasteiger partial charge in [0.05, 0.1) is 5.69 Å². The van der Waals surface area contributed by atoms with Gasteiger partial charge < -0.3 is 15.2 Å². The van der Waals surface area contributed by atoms with Crippen LogP contribution in [0, 0.1) is 13.8 Å². The normalized spacial score (nSPS) is 11.8. The van der Waals surface area contributed by atoms with Crippen LogP contribution >= 0.6 is 0 Å². The average Bonchev–Trinajstić information content (AvgIpc) is 2.76. The summed E-state index contributed by atoms with van der Waals surface area (Å²) in [5, 5.41) is 15.9. The number of carbonyl (C=O) groups is 2. The Morgan fingerprint density at radius 2 is 1.96 bits per heavy atom. The van der Waals surface area contributed by atoms with E-state index in [0.29, 0.717) is 17.0 Å². The third-order valence-electron chi connectivity index (χ3n) is 3.48. The summed E-state index contributed by atoms with van der Waals surface area (Å²) in [6.45, 7) is 3.34. The Hall–Kier alpha value is -2.83. The van der Waals surface area contributed by atoms with E-state index in [1.54, 1.807) is 49.0 Å². The fraction of sp³-hybridized carbons (Fsp3) is 0.312. The van der Waals surface area contributed by atoms with Crippen molar-refractivity contribution in [3.05, 3.63) is 47.3 Å². The van der Waals surface area contributed by atoms with Crippen LogP contribution in [0.5, 0.6) is 5.75 Å². The van der Waals surface area contributed by atoms with Crippen molar-refractivity contribution in [3.63, 3.8) is 0 Å². The second-order valence-corrected chi connectivity index (χ2v) is 5.16. The van der Waals surface area contributed by atoms with Crippen LogP contribution in [0.1, 0.15) is 23.0 Å². The lowest BCUT2D eigenvalue weighted by atomic mass is 10.1. The second-order valence-electron chi connectivity index (χ2n) is 5.16. The molecule has 0 saturated carbocycles. The Morgan fingerprint density at radius 1 is 1.30 bits per heavy atom. The number of ether oxygens (including phenoxy) is 1. The maximum absolute atomic E-state index is 12.0. The highest BCUT2D eigenvalue weighted by atomic mass is 16.5. The summed E-state index contributed by atoms with van der Waals surface area (Å²) in [7, 11) is 1.78. The Morgan fingerprint density at radius 3 is 2.48 bits per heavy atom. The Bertz CT molecular complexity index is 710. The molecule has 0 aliphatic heterocycles. The zero-order chi connectivity index (χ0) is 17.0. The van der Waals surface area contributed by atoms with Gasteiger partial charge in [0, 0.05) is 7.05 Å². The minimum absolute atomic E-state index is 0.274. The molecule has 122 valence electrons. The number of aliphatic carboxylic acids is 1. The van der Waals surface area contributed by atoms with Crippen molar-refractivity contribution in [2.24, 2.45) is 7.05 Å². The van der Waals surface area contributed by atoms with Gasteiger partial charge in [-0.3, -0.25) is 9.48 Å². The first-order valence-electron chi connectivity index (χ1n) is 7.10. The number of nitrogens with zero attached hydrogens (tertiary/aromatic N) is 2. The predicted octanol–water partition coefficient (Wildman–Crippen LogP) is 1.36. The third kappa shape index (κ3) is 3.88. The molecule has 0 spiro atoms. The highest BCUT2D eigenvalue weighted by Crippen LogP contribution is 2.21. The number of carbonyl (C=O) groups excluding carboxylic acids is 1. The molecule has 23 heavy (non-hydrogen) atoms. The number of amides is 1. The van der Waals surface area contributed by atoms with Crippen LogP contribution in [0.2, 0.25) is 0 Å². The van der Waals surface area contributed by atoms with Crippen LogP contribution in [-0.2, 0) is 16.6 Å². The molecule has 1 heterocycles. The maximum atomic E-state index is 12.0. The van der Waals surface area contributed by atoms with Crippen LogP contribution in [-0.4, -0.2) is 33.4 Å². The number of hydrogen-bond acceptors (Lipinski definition) is 4. The minimum atomic E-state index is -1.13. The van der Waals surface area contributed by atoms with Crippen LogP contribution in [0.4, 0.5) is 0 Å². The fourth-order valence-corrected chi connectivity index (χ4v) is 2.24. The molecular formula is C16H19N3O4. The number of aromatic nitrogens is 2. The molecule has 0 bridgehead atoms. The summed E-state index contributed by atoms with van der Waals surface area (Å²) in [6, 6.07) is 7.40. The number of carboxylic acid groups (broad SMARTS) is 1. The standard InChI is InChI=1S/C16H19N3O4/c1-10-15(11(2)19(3)18-10)23-9-13(20)17-14(16(21)22)12-7-5-4-6-8-12/h4-8,14H,9H2,1-3H3,(H,17,20)(H,21,22)/t14-/m0/s1. The SMILES string of the molecule is Cc1nn(C)c(C)c1OCC(=O)N[C@H](C(=O)O)c1ccccc1. The molecule has 1 aromatic carbocycles. The third-order valence-corrected chi connectivity index (χ3v) is 3.48. The highest BCUT2D eigenvalue weighted by molar-refractivity contribution is 5.85. The molecule has 7 nitrogen and oxygen atoms in total. The van der Waals surface area contributed by atoms with Gasteiger partial charge in [-0.1, -0.05) is 30.3 Å². The van der Waals surface area contributed by atoms with Gasteiger partial charge >= 0.3 is 5.97 Å². The van der Waals surface area contributed by atoms with E-state index in [0.717, 1.165) is 5.69 Å². The minimum Gasteiger partial charge on any atom is -0.480 e. The number of nitrogens with one attached hydrogen (secondary N) is 1. The zero-order valence-corrected chi connectivity index (χ0v) is 13.2. The van der Waals surface area contributed by atoms with E-state index in [-0.39, 0.29) is 6.61 Å². The molecular weight excluding hydrogens is 298 g/mol. The van der Waals surface area contributed by atoms with Crippen LogP contribution < -0.4 is 10.1 Å². The smallest absolute Gasteiger partial charge is 0.330 e. The van der Waals surface area contributed by atoms with E-state index in [9.17, 15) is 14.7 Å². The van der Waals surface area contributed by atoms with Crippen molar-refractivity contribution in [2.75, 3.05) is 6.61 Å². The molecule has 1 amide bonds. The Labute approximate surface area is 133 Å². The quantitative estimate of drug-likeness (QED) is 0.839. The second kappa shape index (κ2) is 6.95. The molecule has 0 aliphatic carbocycles. The number of rotatable bonds is 6. The highest BCUT2D eigenvalue weighted by Gasteiger charge is 2.22. The lowest BCUT2D eigenvalue weighted by Crippen LogP contribution is -2.36. The van der Waals surface area contributed by atoms with Crippen molar-refractivity contribution in [1.82, 2.24) is 15.1 Å². The summed E-state index contributed by atoms with van der Waals surface area (Å²) in [5.41, 5.74) is 1.98. The molecule has 0 radical (unpaired) electrons. The van der Waals surface area contributed by atoms with E-state index >= 15 is 0 Å². The van der Waals surface area contributed by atoms with Gasteiger partial charge in [-0.25, -0.2) is 4.79 Å². The maximum Gasteiger partial charge on any atom is 0.330 e. The molecule has 1 aromatic heterocycles. The van der Waals surface area contributed by atoms with Crippen LogP contribution in [0.3, 0.4) is 0 Å². The van der Waals surface area contributed by atoms with E-state index in [4.69, 9.17) is 4.74 Å². The summed E-state index contributed by atoms with van der Waals surface area (Å²) >= 11 is 0. The lowest BCUT2D eigenvalue weighted by Gasteiger charge is -2.15. The van der Waals surface area contributed by atoms with Crippen molar-refractivity contribution >= 4 is 11.9 Å². The van der Waals surface area contributed by atoms with Crippen molar-refractivity contribution in [1.29, 1.82) is 0 Å². The average molecular weight is 317 g/mol. The number of hydrogen-bond donors (Lipinski definition) is 2. The van der Waals surface area contributed by atoms with Gasteiger partial charge in [0.2, 0.25) is 0 Å². The molecule has 7 heteroatoms.